The summed E-state index contributed by atoms with van der Waals surface area (Å²) >= 11 is 0. The van der Waals surface area contributed by atoms with Crippen LogP contribution in [0, 0.1) is 6.92 Å². The standard InChI is InChI=1S/C13H12N2O3/c1-9-3-4-10(13(16)17)7-11(9)18-8-12-14-5-2-6-15-12/h2-7H,8H2,1H3,(H,16,17). The molecule has 1 aromatic carbocycles. The van der Waals surface area contributed by atoms with Crippen LogP contribution in [0.25, 0.3) is 0 Å². The lowest BCUT2D eigenvalue weighted by molar-refractivity contribution is 0.0696. The van der Waals surface area contributed by atoms with Gasteiger partial charge in [0.2, 0.25) is 0 Å². The van der Waals surface area contributed by atoms with Crippen molar-refractivity contribution < 1.29 is 14.6 Å². The topological polar surface area (TPSA) is 72.3 Å². The molecule has 0 saturated heterocycles. The van der Waals surface area contributed by atoms with Crippen molar-refractivity contribution >= 4 is 5.97 Å². The monoisotopic (exact) mass is 244 g/mol. The Hall–Kier alpha value is -2.43. The first kappa shape index (κ1) is 12.0. The second-order valence-electron chi connectivity index (χ2n) is 3.74. The van der Waals surface area contributed by atoms with E-state index in [1.165, 1.54) is 6.07 Å². The minimum Gasteiger partial charge on any atom is -0.485 e. The van der Waals surface area contributed by atoms with Crippen LogP contribution >= 0.6 is 0 Å². The highest BCUT2D eigenvalue weighted by molar-refractivity contribution is 5.88. The first-order chi connectivity index (χ1) is 8.66. The molecule has 18 heavy (non-hydrogen) atoms. The van der Waals surface area contributed by atoms with E-state index in [0.717, 1.165) is 5.56 Å². The van der Waals surface area contributed by atoms with E-state index in [2.05, 4.69) is 9.97 Å². The zero-order valence-electron chi connectivity index (χ0n) is 9.83. The van der Waals surface area contributed by atoms with Gasteiger partial charge in [0.05, 0.1) is 5.56 Å². The van der Waals surface area contributed by atoms with Gasteiger partial charge in [0, 0.05) is 12.4 Å². The molecule has 0 aliphatic heterocycles. The average molecular weight is 244 g/mol. The Labute approximate surface area is 104 Å². The lowest BCUT2D eigenvalue weighted by Crippen LogP contribution is -2.03. The SMILES string of the molecule is Cc1ccc(C(=O)O)cc1OCc1ncccn1. The van der Waals surface area contributed by atoms with Crippen molar-refractivity contribution in [2.45, 2.75) is 13.5 Å². The fraction of sp³-hybridized carbons (Fsp3) is 0.154. The van der Waals surface area contributed by atoms with Gasteiger partial charge in [-0.3, -0.25) is 0 Å². The van der Waals surface area contributed by atoms with Crippen molar-refractivity contribution in [3.63, 3.8) is 0 Å². The summed E-state index contributed by atoms with van der Waals surface area (Å²) < 4.78 is 5.53. The van der Waals surface area contributed by atoms with E-state index in [9.17, 15) is 4.79 Å². The Kier molecular flexibility index (Phi) is 3.52. The van der Waals surface area contributed by atoms with Crippen molar-refractivity contribution in [1.82, 2.24) is 9.97 Å². The van der Waals surface area contributed by atoms with Gasteiger partial charge >= 0.3 is 5.97 Å². The third-order valence-corrected chi connectivity index (χ3v) is 2.41. The highest BCUT2D eigenvalue weighted by Gasteiger charge is 2.07. The Morgan fingerprint density at radius 2 is 2.06 bits per heavy atom. The Balaban J connectivity index is 2.14. The maximum atomic E-state index is 10.9. The van der Waals surface area contributed by atoms with Gasteiger partial charge < -0.3 is 9.84 Å². The maximum absolute atomic E-state index is 10.9. The van der Waals surface area contributed by atoms with Crippen molar-refractivity contribution in [3.05, 3.63) is 53.6 Å². The molecular weight excluding hydrogens is 232 g/mol. The zero-order valence-corrected chi connectivity index (χ0v) is 9.83. The van der Waals surface area contributed by atoms with Crippen molar-refractivity contribution in [3.8, 4) is 5.75 Å². The van der Waals surface area contributed by atoms with Gasteiger partial charge in [-0.1, -0.05) is 6.07 Å². The second kappa shape index (κ2) is 5.27. The Morgan fingerprint density at radius 1 is 1.33 bits per heavy atom. The number of aryl methyl sites for hydroxylation is 1. The molecule has 1 heterocycles. The summed E-state index contributed by atoms with van der Waals surface area (Å²) in [6.45, 7) is 2.07. The van der Waals surface area contributed by atoms with Crippen LogP contribution < -0.4 is 4.74 Å². The Bertz CT molecular complexity index is 555. The predicted octanol–water partition coefficient (Wildman–Crippen LogP) is 2.06. The van der Waals surface area contributed by atoms with Crippen molar-refractivity contribution in [2.24, 2.45) is 0 Å². The Morgan fingerprint density at radius 3 is 2.72 bits per heavy atom. The van der Waals surface area contributed by atoms with Crippen LogP contribution in [0.5, 0.6) is 5.75 Å². The van der Waals surface area contributed by atoms with E-state index >= 15 is 0 Å². The summed E-state index contributed by atoms with van der Waals surface area (Å²) in [4.78, 5) is 18.9. The van der Waals surface area contributed by atoms with Gasteiger partial charge in [-0.25, -0.2) is 14.8 Å². The summed E-state index contributed by atoms with van der Waals surface area (Å²) in [5, 5.41) is 8.91. The number of hydrogen-bond acceptors (Lipinski definition) is 4. The number of benzene rings is 1. The van der Waals surface area contributed by atoms with E-state index in [1.807, 2.05) is 6.92 Å². The first-order valence-electron chi connectivity index (χ1n) is 5.39. The third kappa shape index (κ3) is 2.82. The third-order valence-electron chi connectivity index (χ3n) is 2.41. The fourth-order valence-corrected chi connectivity index (χ4v) is 1.44. The van der Waals surface area contributed by atoms with Gasteiger partial charge in [-0.15, -0.1) is 0 Å². The molecule has 5 nitrogen and oxygen atoms in total. The number of rotatable bonds is 4. The quantitative estimate of drug-likeness (QED) is 0.891. The van der Waals surface area contributed by atoms with Gasteiger partial charge in [0.1, 0.15) is 12.4 Å². The van der Waals surface area contributed by atoms with E-state index < -0.39 is 5.97 Å². The summed E-state index contributed by atoms with van der Waals surface area (Å²) in [7, 11) is 0. The molecule has 0 aliphatic carbocycles. The molecular formula is C13H12N2O3. The lowest BCUT2D eigenvalue weighted by atomic mass is 10.1. The van der Waals surface area contributed by atoms with E-state index in [-0.39, 0.29) is 12.2 Å². The predicted molar refractivity (Wildman–Crippen MR) is 64.5 cm³/mol. The number of aromatic carboxylic acids is 1. The van der Waals surface area contributed by atoms with Gasteiger partial charge in [0.15, 0.2) is 5.82 Å². The minimum atomic E-state index is -0.976. The molecule has 0 saturated carbocycles. The summed E-state index contributed by atoms with van der Waals surface area (Å²) in [5.74, 6) is 0.107. The van der Waals surface area contributed by atoms with Crippen LogP contribution in [0.4, 0.5) is 0 Å². The number of ether oxygens (including phenoxy) is 1. The summed E-state index contributed by atoms with van der Waals surface area (Å²) in [6.07, 6.45) is 3.26. The molecule has 5 heteroatoms. The van der Waals surface area contributed by atoms with Crippen LogP contribution in [0.2, 0.25) is 0 Å². The lowest BCUT2D eigenvalue weighted by Gasteiger charge is -2.08. The number of nitrogens with zero attached hydrogens (tertiary/aromatic N) is 2. The molecule has 0 fully saturated rings. The summed E-state index contributed by atoms with van der Waals surface area (Å²) in [5.41, 5.74) is 1.07. The molecule has 0 unspecified atom stereocenters. The molecule has 0 bridgehead atoms. The summed E-state index contributed by atoms with van der Waals surface area (Å²) in [6, 6.07) is 6.48. The molecule has 0 amide bonds. The molecule has 0 spiro atoms. The smallest absolute Gasteiger partial charge is 0.335 e. The molecule has 0 aliphatic rings. The number of carboxylic acid groups (broad SMARTS) is 1. The first-order valence-corrected chi connectivity index (χ1v) is 5.39. The van der Waals surface area contributed by atoms with E-state index in [4.69, 9.17) is 9.84 Å². The average Bonchev–Trinajstić information content (AvgIpc) is 2.38. The molecule has 92 valence electrons. The molecule has 1 aromatic heterocycles. The zero-order chi connectivity index (χ0) is 13.0. The minimum absolute atomic E-state index is 0.199. The normalized spacial score (nSPS) is 10.1. The van der Waals surface area contributed by atoms with Gasteiger partial charge in [-0.2, -0.15) is 0 Å². The van der Waals surface area contributed by atoms with Crippen LogP contribution in [0.3, 0.4) is 0 Å². The van der Waals surface area contributed by atoms with Crippen LogP contribution in [0.1, 0.15) is 21.7 Å². The fourth-order valence-electron chi connectivity index (χ4n) is 1.44. The largest absolute Gasteiger partial charge is 0.485 e. The molecule has 2 aromatic rings. The van der Waals surface area contributed by atoms with Crippen LogP contribution in [0.15, 0.2) is 36.7 Å². The van der Waals surface area contributed by atoms with Gasteiger partial charge in [0.25, 0.3) is 0 Å². The van der Waals surface area contributed by atoms with Crippen molar-refractivity contribution in [2.75, 3.05) is 0 Å². The molecule has 0 atom stereocenters. The van der Waals surface area contributed by atoms with Crippen molar-refractivity contribution in [1.29, 1.82) is 0 Å². The van der Waals surface area contributed by atoms with Gasteiger partial charge in [-0.05, 0) is 30.7 Å². The second-order valence-corrected chi connectivity index (χ2v) is 3.74. The van der Waals surface area contributed by atoms with Crippen LogP contribution in [-0.4, -0.2) is 21.0 Å². The highest BCUT2D eigenvalue weighted by Crippen LogP contribution is 2.20. The molecule has 1 N–H and O–H groups in total. The molecule has 0 radical (unpaired) electrons. The molecule has 2 rings (SSSR count). The maximum Gasteiger partial charge on any atom is 0.335 e. The number of carboxylic acids is 1. The highest BCUT2D eigenvalue weighted by atomic mass is 16.5. The van der Waals surface area contributed by atoms with E-state index in [0.29, 0.717) is 11.6 Å². The number of hydrogen-bond donors (Lipinski definition) is 1. The number of carbonyl (C=O) groups is 1. The van der Waals surface area contributed by atoms with E-state index in [1.54, 1.807) is 30.6 Å². The van der Waals surface area contributed by atoms with Crippen LogP contribution in [-0.2, 0) is 6.61 Å². The number of aromatic nitrogens is 2.